The standard InChI is InChI=1S/C23H36O/c24-23-20-13-8-6-4-2-1-3-5-7-12-18-22(23)19-14-17-21-15-10-9-11-16-21/h9-11,15-16,22H,1-8,12-14,17-20H2. The molecule has 2 rings (SSSR count). The number of hydrogen-bond donors (Lipinski definition) is 0. The van der Waals surface area contributed by atoms with E-state index in [9.17, 15) is 4.79 Å². The van der Waals surface area contributed by atoms with Crippen molar-refractivity contribution in [2.45, 2.75) is 96.3 Å². The number of aryl methyl sites for hydroxylation is 1. The molecule has 1 fully saturated rings. The largest absolute Gasteiger partial charge is 0.299 e. The molecule has 0 spiro atoms. The maximum absolute atomic E-state index is 12.6. The first-order valence-electron chi connectivity index (χ1n) is 10.4. The summed E-state index contributed by atoms with van der Waals surface area (Å²) in [7, 11) is 0. The highest BCUT2D eigenvalue weighted by Crippen LogP contribution is 2.23. The zero-order chi connectivity index (χ0) is 16.9. The van der Waals surface area contributed by atoms with Gasteiger partial charge in [0, 0.05) is 12.3 Å². The van der Waals surface area contributed by atoms with Gasteiger partial charge in [0.2, 0.25) is 0 Å². The number of ketones is 1. The van der Waals surface area contributed by atoms with E-state index in [1.165, 1.54) is 63.4 Å². The number of Topliss-reactive ketones (excluding diaryl/α,β-unsaturated/α-hetero) is 1. The van der Waals surface area contributed by atoms with Gasteiger partial charge in [-0.15, -0.1) is 0 Å². The molecule has 1 aliphatic carbocycles. The number of rotatable bonds is 4. The van der Waals surface area contributed by atoms with E-state index < -0.39 is 0 Å². The van der Waals surface area contributed by atoms with E-state index in [0.717, 1.165) is 38.5 Å². The van der Waals surface area contributed by atoms with Crippen molar-refractivity contribution in [1.82, 2.24) is 0 Å². The fourth-order valence-electron chi connectivity index (χ4n) is 3.97. The third-order valence-corrected chi connectivity index (χ3v) is 5.54. The summed E-state index contributed by atoms with van der Waals surface area (Å²) in [6, 6.07) is 10.7. The molecule has 1 saturated carbocycles. The molecule has 0 N–H and O–H groups in total. The molecule has 134 valence electrons. The Morgan fingerprint density at radius 3 is 2.00 bits per heavy atom. The van der Waals surface area contributed by atoms with Crippen LogP contribution in [-0.4, -0.2) is 5.78 Å². The predicted molar refractivity (Wildman–Crippen MR) is 103 cm³/mol. The van der Waals surface area contributed by atoms with Crippen molar-refractivity contribution >= 4 is 5.78 Å². The SMILES string of the molecule is O=C1CCCCCCCCCCCCC1CCCc1ccccc1. The van der Waals surface area contributed by atoms with Gasteiger partial charge in [-0.2, -0.15) is 0 Å². The summed E-state index contributed by atoms with van der Waals surface area (Å²) in [5, 5.41) is 0. The number of carbonyl (C=O) groups is 1. The highest BCUT2D eigenvalue weighted by Gasteiger charge is 2.17. The average molecular weight is 329 g/mol. The Balaban J connectivity index is 1.77. The first-order valence-corrected chi connectivity index (χ1v) is 10.4. The van der Waals surface area contributed by atoms with Crippen LogP contribution in [0.15, 0.2) is 30.3 Å². The number of hydrogen-bond acceptors (Lipinski definition) is 1. The van der Waals surface area contributed by atoms with Crippen LogP contribution in [0.3, 0.4) is 0 Å². The minimum absolute atomic E-state index is 0.330. The van der Waals surface area contributed by atoms with E-state index in [-0.39, 0.29) is 0 Å². The minimum atomic E-state index is 0.330. The van der Waals surface area contributed by atoms with E-state index in [1.807, 2.05) is 0 Å². The quantitative estimate of drug-likeness (QED) is 0.588. The molecular weight excluding hydrogens is 292 g/mol. The van der Waals surface area contributed by atoms with Gasteiger partial charge < -0.3 is 0 Å². The molecule has 0 bridgehead atoms. The molecule has 0 amide bonds. The van der Waals surface area contributed by atoms with Crippen molar-refractivity contribution in [1.29, 1.82) is 0 Å². The molecule has 1 unspecified atom stereocenters. The van der Waals surface area contributed by atoms with Gasteiger partial charge in [-0.3, -0.25) is 4.79 Å². The van der Waals surface area contributed by atoms with E-state index in [1.54, 1.807) is 0 Å². The van der Waals surface area contributed by atoms with E-state index >= 15 is 0 Å². The number of benzene rings is 1. The lowest BCUT2D eigenvalue weighted by atomic mass is 9.88. The maximum atomic E-state index is 12.6. The van der Waals surface area contributed by atoms with Crippen LogP contribution in [-0.2, 0) is 11.2 Å². The van der Waals surface area contributed by atoms with Crippen molar-refractivity contribution in [2.24, 2.45) is 5.92 Å². The summed E-state index contributed by atoms with van der Waals surface area (Å²) in [5.74, 6) is 0.886. The van der Waals surface area contributed by atoms with Crippen molar-refractivity contribution in [2.75, 3.05) is 0 Å². The minimum Gasteiger partial charge on any atom is -0.299 e. The summed E-state index contributed by atoms with van der Waals surface area (Å²) >= 11 is 0. The zero-order valence-electron chi connectivity index (χ0n) is 15.5. The van der Waals surface area contributed by atoms with Gasteiger partial charge in [0.05, 0.1) is 0 Å². The third kappa shape index (κ3) is 8.13. The summed E-state index contributed by atoms with van der Waals surface area (Å²) in [6.45, 7) is 0. The fourth-order valence-corrected chi connectivity index (χ4v) is 3.97. The van der Waals surface area contributed by atoms with Crippen molar-refractivity contribution < 1.29 is 4.79 Å². The predicted octanol–water partition coefficient (Wildman–Crippen LogP) is 6.89. The smallest absolute Gasteiger partial charge is 0.135 e. The fraction of sp³-hybridized carbons (Fsp3) is 0.696. The summed E-state index contributed by atoms with van der Waals surface area (Å²) in [4.78, 5) is 12.6. The topological polar surface area (TPSA) is 17.1 Å². The van der Waals surface area contributed by atoms with Gasteiger partial charge in [0.1, 0.15) is 5.78 Å². The molecule has 1 aromatic carbocycles. The van der Waals surface area contributed by atoms with E-state index in [2.05, 4.69) is 30.3 Å². The number of carbonyl (C=O) groups excluding carboxylic acids is 1. The zero-order valence-corrected chi connectivity index (χ0v) is 15.5. The van der Waals surface area contributed by atoms with Crippen LogP contribution in [0, 0.1) is 5.92 Å². The molecular formula is C23H36O. The third-order valence-electron chi connectivity index (χ3n) is 5.54. The Kier molecular flexibility index (Phi) is 9.83. The Morgan fingerprint density at radius 1 is 0.750 bits per heavy atom. The second-order valence-corrected chi connectivity index (χ2v) is 7.62. The van der Waals surface area contributed by atoms with Crippen LogP contribution in [0.1, 0.15) is 95.5 Å². The van der Waals surface area contributed by atoms with Crippen LogP contribution < -0.4 is 0 Å². The van der Waals surface area contributed by atoms with Crippen LogP contribution in [0.2, 0.25) is 0 Å². The maximum Gasteiger partial charge on any atom is 0.135 e. The molecule has 1 nitrogen and oxygen atoms in total. The van der Waals surface area contributed by atoms with Gasteiger partial charge in [-0.1, -0.05) is 88.1 Å². The lowest BCUT2D eigenvalue weighted by Crippen LogP contribution is -2.15. The van der Waals surface area contributed by atoms with Crippen molar-refractivity contribution in [3.05, 3.63) is 35.9 Å². The Labute approximate surface area is 149 Å². The highest BCUT2D eigenvalue weighted by atomic mass is 16.1. The van der Waals surface area contributed by atoms with Gasteiger partial charge in [-0.05, 0) is 37.7 Å². The van der Waals surface area contributed by atoms with Crippen molar-refractivity contribution in [3.63, 3.8) is 0 Å². The van der Waals surface area contributed by atoms with Crippen LogP contribution >= 0.6 is 0 Å². The molecule has 0 aromatic heterocycles. The van der Waals surface area contributed by atoms with E-state index in [0.29, 0.717) is 11.7 Å². The molecule has 0 aliphatic heterocycles. The second-order valence-electron chi connectivity index (χ2n) is 7.62. The van der Waals surface area contributed by atoms with Gasteiger partial charge in [-0.25, -0.2) is 0 Å². The summed E-state index contributed by atoms with van der Waals surface area (Å²) < 4.78 is 0. The molecule has 0 saturated heterocycles. The molecule has 0 heterocycles. The second kappa shape index (κ2) is 12.3. The highest BCUT2D eigenvalue weighted by molar-refractivity contribution is 5.80. The lowest BCUT2D eigenvalue weighted by molar-refractivity contribution is -0.123. The molecule has 24 heavy (non-hydrogen) atoms. The monoisotopic (exact) mass is 328 g/mol. The summed E-state index contributed by atoms with van der Waals surface area (Å²) in [5.41, 5.74) is 1.41. The first kappa shape index (κ1) is 19.2. The van der Waals surface area contributed by atoms with E-state index in [4.69, 9.17) is 0 Å². The molecule has 1 aliphatic rings. The molecule has 1 aromatic rings. The molecule has 1 heteroatoms. The normalized spacial score (nSPS) is 22.0. The Bertz CT molecular complexity index is 437. The molecule has 1 atom stereocenters. The Hall–Kier alpha value is -1.11. The van der Waals surface area contributed by atoms with Crippen molar-refractivity contribution in [3.8, 4) is 0 Å². The summed E-state index contributed by atoms with van der Waals surface area (Å²) in [6.07, 6.45) is 18.5. The Morgan fingerprint density at radius 2 is 1.33 bits per heavy atom. The first-order chi connectivity index (χ1) is 11.9. The van der Waals surface area contributed by atoms with Gasteiger partial charge in [0.15, 0.2) is 0 Å². The average Bonchev–Trinajstić information content (AvgIpc) is 2.61. The van der Waals surface area contributed by atoms with Crippen LogP contribution in [0.5, 0.6) is 0 Å². The lowest BCUT2D eigenvalue weighted by Gasteiger charge is -2.16. The van der Waals surface area contributed by atoms with Crippen LogP contribution in [0.25, 0.3) is 0 Å². The van der Waals surface area contributed by atoms with Gasteiger partial charge >= 0.3 is 0 Å². The van der Waals surface area contributed by atoms with Gasteiger partial charge in [0.25, 0.3) is 0 Å². The van der Waals surface area contributed by atoms with Crippen LogP contribution in [0.4, 0.5) is 0 Å². The molecule has 0 radical (unpaired) electrons.